The molecule has 1 atom stereocenters. The third-order valence-corrected chi connectivity index (χ3v) is 6.47. The molecule has 28 heavy (non-hydrogen) atoms. The second-order valence-electron chi connectivity index (χ2n) is 7.65. The van der Waals surface area contributed by atoms with E-state index in [2.05, 4.69) is 78.8 Å². The standard InChI is InChI=1S/C24H26N2OS/c1-16-13-17(2)23(18(3)14-16)25-22(27)15-26-11-9-21-20(10-12-28-21)24(26)19-7-5-4-6-8-19/h4-8,10,12-14,24H,9,11,15H2,1-3H3,(H,25,27)/t24-/m1/s1. The van der Waals surface area contributed by atoms with E-state index in [9.17, 15) is 4.79 Å². The summed E-state index contributed by atoms with van der Waals surface area (Å²) in [6.45, 7) is 7.48. The van der Waals surface area contributed by atoms with Gasteiger partial charge in [-0.15, -0.1) is 11.3 Å². The van der Waals surface area contributed by atoms with Gasteiger partial charge in [-0.05, 0) is 60.9 Å². The van der Waals surface area contributed by atoms with E-state index in [1.165, 1.54) is 21.6 Å². The molecule has 3 nitrogen and oxygen atoms in total. The molecule has 0 saturated heterocycles. The zero-order chi connectivity index (χ0) is 19.7. The van der Waals surface area contributed by atoms with Gasteiger partial charge < -0.3 is 5.32 Å². The number of hydrogen-bond acceptors (Lipinski definition) is 3. The van der Waals surface area contributed by atoms with Gasteiger partial charge in [-0.25, -0.2) is 0 Å². The molecule has 1 aromatic heterocycles. The van der Waals surface area contributed by atoms with Gasteiger partial charge in [0.15, 0.2) is 0 Å². The highest BCUT2D eigenvalue weighted by molar-refractivity contribution is 7.10. The largest absolute Gasteiger partial charge is 0.324 e. The Balaban J connectivity index is 1.57. The number of hydrogen-bond donors (Lipinski definition) is 1. The summed E-state index contributed by atoms with van der Waals surface area (Å²) in [6, 6.07) is 17.1. The van der Waals surface area contributed by atoms with Crippen molar-refractivity contribution in [3.63, 3.8) is 0 Å². The summed E-state index contributed by atoms with van der Waals surface area (Å²) in [5.41, 5.74) is 6.99. The molecule has 4 heteroatoms. The summed E-state index contributed by atoms with van der Waals surface area (Å²) in [7, 11) is 0. The van der Waals surface area contributed by atoms with Crippen molar-refractivity contribution in [3.05, 3.63) is 86.6 Å². The fourth-order valence-electron chi connectivity index (χ4n) is 4.30. The van der Waals surface area contributed by atoms with Gasteiger partial charge in [0.05, 0.1) is 12.6 Å². The second-order valence-corrected chi connectivity index (χ2v) is 8.66. The first kappa shape index (κ1) is 18.9. The summed E-state index contributed by atoms with van der Waals surface area (Å²) in [5.74, 6) is 0.0506. The summed E-state index contributed by atoms with van der Waals surface area (Å²) in [4.78, 5) is 16.7. The fraction of sp³-hybridized carbons (Fsp3) is 0.292. The first-order chi connectivity index (χ1) is 13.5. The molecule has 1 amide bonds. The average Bonchev–Trinajstić information content (AvgIpc) is 3.14. The van der Waals surface area contributed by atoms with Gasteiger partial charge in [-0.1, -0.05) is 48.0 Å². The highest BCUT2D eigenvalue weighted by Gasteiger charge is 2.30. The predicted molar refractivity (Wildman–Crippen MR) is 117 cm³/mol. The van der Waals surface area contributed by atoms with Crippen LogP contribution in [0.2, 0.25) is 0 Å². The summed E-state index contributed by atoms with van der Waals surface area (Å²) >= 11 is 1.83. The highest BCUT2D eigenvalue weighted by atomic mass is 32.1. The van der Waals surface area contributed by atoms with E-state index in [0.29, 0.717) is 6.54 Å². The van der Waals surface area contributed by atoms with E-state index in [1.807, 2.05) is 17.4 Å². The Morgan fingerprint density at radius 3 is 2.54 bits per heavy atom. The van der Waals surface area contributed by atoms with Crippen molar-refractivity contribution in [2.45, 2.75) is 33.2 Å². The number of nitrogens with one attached hydrogen (secondary N) is 1. The Kier molecular flexibility index (Phi) is 5.33. The monoisotopic (exact) mass is 390 g/mol. The van der Waals surface area contributed by atoms with Crippen LogP contribution < -0.4 is 5.32 Å². The van der Waals surface area contributed by atoms with Crippen LogP contribution in [0.1, 0.15) is 38.7 Å². The predicted octanol–water partition coefficient (Wildman–Crippen LogP) is 5.26. The van der Waals surface area contributed by atoms with Gasteiger partial charge >= 0.3 is 0 Å². The number of rotatable bonds is 4. The van der Waals surface area contributed by atoms with E-state index in [0.717, 1.165) is 29.8 Å². The zero-order valence-electron chi connectivity index (χ0n) is 16.7. The molecule has 1 aliphatic rings. The molecular formula is C24H26N2OS. The number of carbonyl (C=O) groups is 1. The summed E-state index contributed by atoms with van der Waals surface area (Å²) < 4.78 is 0. The van der Waals surface area contributed by atoms with Crippen LogP contribution in [0.25, 0.3) is 0 Å². The quantitative estimate of drug-likeness (QED) is 0.659. The maximum Gasteiger partial charge on any atom is 0.238 e. The molecule has 2 aromatic carbocycles. The van der Waals surface area contributed by atoms with Crippen molar-refractivity contribution in [3.8, 4) is 0 Å². The van der Waals surface area contributed by atoms with E-state index >= 15 is 0 Å². The van der Waals surface area contributed by atoms with Crippen LogP contribution in [0.15, 0.2) is 53.9 Å². The van der Waals surface area contributed by atoms with Crippen LogP contribution in [0.5, 0.6) is 0 Å². The van der Waals surface area contributed by atoms with Crippen LogP contribution in [0.3, 0.4) is 0 Å². The topological polar surface area (TPSA) is 32.3 Å². The minimum Gasteiger partial charge on any atom is -0.324 e. The van der Waals surface area contributed by atoms with Crippen molar-refractivity contribution in [1.29, 1.82) is 0 Å². The van der Waals surface area contributed by atoms with Gasteiger partial charge in [0, 0.05) is 17.1 Å². The molecule has 0 fully saturated rings. The molecule has 3 aromatic rings. The number of amides is 1. The molecule has 1 aliphatic heterocycles. The Bertz CT molecular complexity index is 970. The molecule has 0 radical (unpaired) electrons. The van der Waals surface area contributed by atoms with Crippen LogP contribution in [-0.4, -0.2) is 23.9 Å². The van der Waals surface area contributed by atoms with Crippen LogP contribution in [0.4, 0.5) is 5.69 Å². The third kappa shape index (κ3) is 3.75. The highest BCUT2D eigenvalue weighted by Crippen LogP contribution is 2.37. The molecule has 1 N–H and O–H groups in total. The number of fused-ring (bicyclic) bond motifs is 1. The SMILES string of the molecule is Cc1cc(C)c(NC(=O)CN2CCc3sccc3[C@H]2c2ccccc2)c(C)c1. The smallest absolute Gasteiger partial charge is 0.238 e. The molecule has 0 unspecified atom stereocenters. The maximum absolute atomic E-state index is 12.9. The van der Waals surface area contributed by atoms with Crippen molar-refractivity contribution in [2.75, 3.05) is 18.4 Å². The molecule has 0 saturated carbocycles. The first-order valence-electron chi connectivity index (χ1n) is 9.76. The Morgan fingerprint density at radius 1 is 1.11 bits per heavy atom. The van der Waals surface area contributed by atoms with Crippen molar-refractivity contribution >= 4 is 22.9 Å². The molecule has 0 spiro atoms. The van der Waals surface area contributed by atoms with E-state index in [-0.39, 0.29) is 11.9 Å². The molecule has 0 bridgehead atoms. The Labute approximate surface area is 171 Å². The number of benzene rings is 2. The van der Waals surface area contributed by atoms with Crippen molar-refractivity contribution in [2.24, 2.45) is 0 Å². The van der Waals surface area contributed by atoms with Crippen molar-refractivity contribution < 1.29 is 4.79 Å². The van der Waals surface area contributed by atoms with Gasteiger partial charge in [0.2, 0.25) is 5.91 Å². The summed E-state index contributed by atoms with van der Waals surface area (Å²) in [5, 5.41) is 5.33. The van der Waals surface area contributed by atoms with Gasteiger partial charge in [0.25, 0.3) is 0 Å². The van der Waals surface area contributed by atoms with Crippen LogP contribution in [-0.2, 0) is 11.2 Å². The normalized spacial score (nSPS) is 16.6. The van der Waals surface area contributed by atoms with Crippen molar-refractivity contribution in [1.82, 2.24) is 4.90 Å². The number of anilines is 1. The molecule has 144 valence electrons. The van der Waals surface area contributed by atoms with Gasteiger partial charge in [-0.2, -0.15) is 0 Å². The lowest BCUT2D eigenvalue weighted by Gasteiger charge is -2.35. The van der Waals surface area contributed by atoms with Gasteiger partial charge in [-0.3, -0.25) is 9.69 Å². The Hall–Kier alpha value is -2.43. The maximum atomic E-state index is 12.9. The Morgan fingerprint density at radius 2 is 1.82 bits per heavy atom. The molecule has 0 aliphatic carbocycles. The fourth-order valence-corrected chi connectivity index (χ4v) is 5.21. The first-order valence-corrected chi connectivity index (χ1v) is 10.6. The van der Waals surface area contributed by atoms with Gasteiger partial charge in [0.1, 0.15) is 0 Å². The lowest BCUT2D eigenvalue weighted by atomic mass is 9.93. The molecular weight excluding hydrogens is 364 g/mol. The summed E-state index contributed by atoms with van der Waals surface area (Å²) in [6.07, 6.45) is 1.01. The average molecular weight is 391 g/mol. The number of aryl methyl sites for hydroxylation is 3. The zero-order valence-corrected chi connectivity index (χ0v) is 17.5. The number of carbonyl (C=O) groups excluding carboxylic acids is 1. The minimum atomic E-state index is 0.0506. The lowest BCUT2D eigenvalue weighted by molar-refractivity contribution is -0.117. The number of thiophene rings is 1. The molecule has 4 rings (SSSR count). The van der Waals surface area contributed by atoms with E-state index < -0.39 is 0 Å². The lowest BCUT2D eigenvalue weighted by Crippen LogP contribution is -2.40. The number of nitrogens with zero attached hydrogens (tertiary/aromatic N) is 1. The van der Waals surface area contributed by atoms with Crippen LogP contribution in [0, 0.1) is 20.8 Å². The second kappa shape index (κ2) is 7.90. The minimum absolute atomic E-state index is 0.0506. The third-order valence-electron chi connectivity index (χ3n) is 5.47. The van der Waals surface area contributed by atoms with Crippen LogP contribution >= 0.6 is 11.3 Å². The molecule has 2 heterocycles. The van der Waals surface area contributed by atoms with E-state index in [1.54, 1.807) is 0 Å². The van der Waals surface area contributed by atoms with E-state index in [4.69, 9.17) is 0 Å².